The Kier molecular flexibility index (Phi) is 5.92. The molecule has 1 fully saturated rings. The fraction of sp³-hybridized carbons (Fsp3) is 0.167. The van der Waals surface area contributed by atoms with E-state index >= 15 is 0 Å². The van der Waals surface area contributed by atoms with Crippen LogP contribution in [-0.4, -0.2) is 32.7 Å². The van der Waals surface area contributed by atoms with Crippen molar-refractivity contribution in [1.29, 1.82) is 0 Å². The van der Waals surface area contributed by atoms with Gasteiger partial charge < -0.3 is 0 Å². The minimum Gasteiger partial charge on any atom is -0.284 e. The monoisotopic (exact) mass is 461 g/mol. The minimum atomic E-state index is -3.86. The van der Waals surface area contributed by atoms with Crippen molar-refractivity contribution in [3.8, 4) is 0 Å². The third-order valence-corrected chi connectivity index (χ3v) is 6.66. The Labute approximate surface area is 183 Å². The molecular weight excluding hydrogens is 442 g/mol. The van der Waals surface area contributed by atoms with E-state index in [9.17, 15) is 26.0 Å². The maximum absolute atomic E-state index is 14.4. The minimum absolute atomic E-state index is 0.164. The van der Waals surface area contributed by atoms with Gasteiger partial charge in [0.15, 0.2) is 21.5 Å². The molecule has 1 saturated heterocycles. The van der Waals surface area contributed by atoms with E-state index in [-0.39, 0.29) is 23.6 Å². The van der Waals surface area contributed by atoms with Crippen LogP contribution in [0.4, 0.5) is 17.6 Å². The van der Waals surface area contributed by atoms with Gasteiger partial charge in [0.2, 0.25) is 0 Å². The summed E-state index contributed by atoms with van der Waals surface area (Å²) in [6.07, 6.45) is 0.958. The topological polar surface area (TPSA) is 37.4 Å². The Morgan fingerprint density at radius 3 is 1.78 bits per heavy atom. The molecule has 0 bridgehead atoms. The van der Waals surface area contributed by atoms with Gasteiger partial charge in [0.1, 0.15) is 11.6 Å². The van der Waals surface area contributed by atoms with Crippen molar-refractivity contribution >= 4 is 14.7 Å². The summed E-state index contributed by atoms with van der Waals surface area (Å²) in [5.74, 6) is -3.16. The molecule has 0 amide bonds. The molecule has 166 valence electrons. The number of benzene rings is 3. The lowest BCUT2D eigenvalue weighted by Gasteiger charge is -2.42. The number of hydrogen-bond acceptors (Lipinski definition) is 3. The van der Waals surface area contributed by atoms with Crippen LogP contribution in [0.1, 0.15) is 22.7 Å². The summed E-state index contributed by atoms with van der Waals surface area (Å²) >= 11 is 0. The molecule has 4 rings (SSSR count). The maximum atomic E-state index is 14.4. The summed E-state index contributed by atoms with van der Waals surface area (Å²) in [6.45, 7) is 0.329. The molecule has 8 heteroatoms. The van der Waals surface area contributed by atoms with Gasteiger partial charge in [0.05, 0.1) is 10.9 Å². The first-order chi connectivity index (χ1) is 15.1. The van der Waals surface area contributed by atoms with Crippen molar-refractivity contribution in [1.82, 2.24) is 4.90 Å². The molecule has 3 aromatic carbocycles. The van der Waals surface area contributed by atoms with E-state index in [1.54, 1.807) is 24.3 Å². The molecule has 1 aliphatic rings. The van der Waals surface area contributed by atoms with E-state index in [0.29, 0.717) is 5.57 Å². The van der Waals surface area contributed by atoms with Crippen molar-refractivity contribution in [2.24, 2.45) is 0 Å². The fourth-order valence-electron chi connectivity index (χ4n) is 4.01. The first kappa shape index (κ1) is 22.2. The van der Waals surface area contributed by atoms with Crippen LogP contribution < -0.4 is 0 Å². The number of hydrogen-bond donors (Lipinski definition) is 0. The van der Waals surface area contributed by atoms with Crippen LogP contribution in [0, 0.1) is 23.3 Å². The SMILES string of the molecule is CS(=O)(=O)C(=C1CN(C(c2ccc(F)cc2)c2ccc(F)cc2)C1)c1cccc(F)c1F. The van der Waals surface area contributed by atoms with E-state index in [4.69, 9.17) is 0 Å². The largest absolute Gasteiger partial charge is 0.284 e. The Morgan fingerprint density at radius 2 is 1.31 bits per heavy atom. The predicted octanol–water partition coefficient (Wildman–Crippen LogP) is 5.10. The van der Waals surface area contributed by atoms with Gasteiger partial charge in [-0.05, 0) is 47.0 Å². The van der Waals surface area contributed by atoms with Crippen LogP contribution in [0.15, 0.2) is 72.3 Å². The lowest BCUT2D eigenvalue weighted by atomic mass is 9.92. The average molecular weight is 461 g/mol. The smallest absolute Gasteiger partial charge is 0.176 e. The summed E-state index contributed by atoms with van der Waals surface area (Å²) < 4.78 is 80.0. The van der Waals surface area contributed by atoms with Gasteiger partial charge in [-0.2, -0.15) is 0 Å². The number of sulfone groups is 1. The highest BCUT2D eigenvalue weighted by Crippen LogP contribution is 2.39. The second-order valence-corrected chi connectivity index (χ2v) is 9.67. The molecule has 0 aromatic heterocycles. The fourth-order valence-corrected chi connectivity index (χ4v) is 5.22. The van der Waals surface area contributed by atoms with Crippen molar-refractivity contribution in [3.05, 3.63) is 112 Å². The number of halogens is 4. The van der Waals surface area contributed by atoms with Gasteiger partial charge in [-0.1, -0.05) is 36.4 Å². The van der Waals surface area contributed by atoms with E-state index in [2.05, 4.69) is 0 Å². The summed E-state index contributed by atoms with van der Waals surface area (Å²) in [7, 11) is -3.86. The molecule has 0 spiro atoms. The van der Waals surface area contributed by atoms with Crippen molar-refractivity contribution in [3.63, 3.8) is 0 Å². The standard InChI is InChI=1S/C24H19F4NO2S/c1-32(30,31)24(20-3-2-4-21(27)22(20)28)17-13-29(14-17)23(15-5-9-18(25)10-6-15)16-7-11-19(26)12-8-16/h2-12,23H,13-14H2,1H3. The van der Waals surface area contributed by atoms with Gasteiger partial charge in [-0.15, -0.1) is 0 Å². The second-order valence-electron chi connectivity index (χ2n) is 7.72. The molecule has 3 aromatic rings. The molecule has 0 radical (unpaired) electrons. The van der Waals surface area contributed by atoms with E-state index in [1.165, 1.54) is 36.4 Å². The first-order valence-corrected chi connectivity index (χ1v) is 11.7. The second kappa shape index (κ2) is 8.52. The lowest BCUT2D eigenvalue weighted by molar-refractivity contribution is 0.203. The van der Waals surface area contributed by atoms with Gasteiger partial charge in [0.25, 0.3) is 0 Å². The van der Waals surface area contributed by atoms with Crippen molar-refractivity contribution < 1.29 is 26.0 Å². The van der Waals surface area contributed by atoms with Crippen LogP contribution in [0.25, 0.3) is 4.91 Å². The number of nitrogens with zero attached hydrogens (tertiary/aromatic N) is 1. The highest BCUT2D eigenvalue weighted by Gasteiger charge is 2.35. The third-order valence-electron chi connectivity index (χ3n) is 5.41. The summed E-state index contributed by atoms with van der Waals surface area (Å²) in [5.41, 5.74) is 1.60. The number of rotatable bonds is 5. The van der Waals surface area contributed by atoms with Crippen LogP contribution in [0.2, 0.25) is 0 Å². The van der Waals surface area contributed by atoms with Crippen molar-refractivity contribution in [2.75, 3.05) is 19.3 Å². The molecule has 0 saturated carbocycles. The highest BCUT2D eigenvalue weighted by molar-refractivity contribution is 8.00. The van der Waals surface area contributed by atoms with E-state index < -0.39 is 39.1 Å². The maximum Gasteiger partial charge on any atom is 0.176 e. The molecule has 32 heavy (non-hydrogen) atoms. The van der Waals surface area contributed by atoms with Crippen LogP contribution in [0.5, 0.6) is 0 Å². The molecule has 1 aliphatic heterocycles. The van der Waals surface area contributed by atoms with Crippen LogP contribution >= 0.6 is 0 Å². The number of likely N-dealkylation sites (tertiary alicyclic amines) is 1. The van der Waals surface area contributed by atoms with E-state index in [1.807, 2.05) is 4.90 Å². The first-order valence-electron chi connectivity index (χ1n) is 9.76. The average Bonchev–Trinajstić information content (AvgIpc) is 2.70. The zero-order valence-corrected chi connectivity index (χ0v) is 17.8. The molecule has 0 unspecified atom stereocenters. The quantitative estimate of drug-likeness (QED) is 0.496. The molecule has 0 aliphatic carbocycles. The summed E-state index contributed by atoms with van der Waals surface area (Å²) in [6, 6.07) is 14.7. The van der Waals surface area contributed by atoms with Gasteiger partial charge >= 0.3 is 0 Å². The zero-order chi connectivity index (χ0) is 23.0. The molecule has 0 atom stereocenters. The van der Waals surface area contributed by atoms with E-state index in [0.717, 1.165) is 23.4 Å². The lowest BCUT2D eigenvalue weighted by Crippen LogP contribution is -2.44. The Balaban J connectivity index is 1.75. The Morgan fingerprint density at radius 1 is 0.812 bits per heavy atom. The zero-order valence-electron chi connectivity index (χ0n) is 17.0. The van der Waals surface area contributed by atoms with Crippen LogP contribution in [0.3, 0.4) is 0 Å². The van der Waals surface area contributed by atoms with Gasteiger partial charge in [-0.3, -0.25) is 4.90 Å². The molecule has 0 N–H and O–H groups in total. The predicted molar refractivity (Wildman–Crippen MR) is 114 cm³/mol. The molecule has 1 heterocycles. The Bertz CT molecular complexity index is 1230. The summed E-state index contributed by atoms with van der Waals surface area (Å²) in [4.78, 5) is 1.67. The Hall–Kier alpha value is -2.97. The molecule has 3 nitrogen and oxygen atoms in total. The van der Waals surface area contributed by atoms with Gasteiger partial charge in [0, 0.05) is 24.9 Å². The van der Waals surface area contributed by atoms with Gasteiger partial charge in [-0.25, -0.2) is 26.0 Å². The summed E-state index contributed by atoms with van der Waals surface area (Å²) in [5, 5.41) is 0. The third kappa shape index (κ3) is 4.33. The highest BCUT2D eigenvalue weighted by atomic mass is 32.2. The molecular formula is C24H19F4NO2S. The normalized spacial score (nSPS) is 14.5. The van der Waals surface area contributed by atoms with Crippen LogP contribution in [-0.2, 0) is 9.84 Å². The van der Waals surface area contributed by atoms with Crippen molar-refractivity contribution in [2.45, 2.75) is 6.04 Å².